The minimum Gasteiger partial charge on any atom is -0.360 e. The number of piperazine rings is 1. The van der Waals surface area contributed by atoms with Crippen LogP contribution in [0.25, 0.3) is 0 Å². The van der Waals surface area contributed by atoms with Crippen LogP contribution in [0.2, 0.25) is 0 Å². The number of quaternary nitrogens is 1. The Bertz CT molecular complexity index is 595. The fourth-order valence-corrected chi connectivity index (χ4v) is 3.26. The number of rotatable bonds is 3. The fraction of sp³-hybridized carbons (Fsp3) is 0.294. The first-order chi connectivity index (χ1) is 10.2. The van der Waals surface area contributed by atoms with Crippen molar-refractivity contribution in [2.24, 2.45) is 0 Å². The van der Waals surface area contributed by atoms with Crippen LogP contribution in [0, 0.1) is 5.82 Å². The molecule has 1 aliphatic rings. The van der Waals surface area contributed by atoms with E-state index in [1.54, 1.807) is 11.0 Å². The van der Waals surface area contributed by atoms with Crippen molar-refractivity contribution in [3.63, 3.8) is 0 Å². The molecule has 1 aliphatic heterocycles. The van der Waals surface area contributed by atoms with Crippen LogP contribution in [0.15, 0.2) is 53.0 Å². The summed E-state index contributed by atoms with van der Waals surface area (Å²) in [7, 11) is 0. The number of nitrogens with one attached hydrogen (secondary N) is 1. The number of benzene rings is 2. The third-order valence-corrected chi connectivity index (χ3v) is 4.64. The highest BCUT2D eigenvalue weighted by molar-refractivity contribution is 9.10. The van der Waals surface area contributed by atoms with Crippen molar-refractivity contribution in [2.45, 2.75) is 6.54 Å². The molecule has 1 saturated heterocycles. The van der Waals surface area contributed by atoms with Crippen molar-refractivity contribution in [3.8, 4) is 0 Å². The lowest BCUT2D eigenvalue weighted by Gasteiger charge is -2.33. The molecular formula is C17H19BrFN2+. The zero-order valence-electron chi connectivity index (χ0n) is 11.9. The van der Waals surface area contributed by atoms with E-state index in [4.69, 9.17) is 0 Å². The monoisotopic (exact) mass is 349 g/mol. The Morgan fingerprint density at radius 1 is 1.05 bits per heavy atom. The van der Waals surface area contributed by atoms with Crippen LogP contribution in [0.5, 0.6) is 0 Å². The van der Waals surface area contributed by atoms with Crippen molar-refractivity contribution in [3.05, 3.63) is 64.4 Å². The molecule has 0 saturated carbocycles. The van der Waals surface area contributed by atoms with Gasteiger partial charge in [0, 0.05) is 11.3 Å². The second kappa shape index (κ2) is 6.58. The first-order valence-corrected chi connectivity index (χ1v) is 8.09. The number of hydrogen-bond donors (Lipinski definition) is 1. The van der Waals surface area contributed by atoms with Crippen LogP contribution in [-0.4, -0.2) is 26.2 Å². The predicted octanol–water partition coefficient (Wildman–Crippen LogP) is 2.49. The van der Waals surface area contributed by atoms with Crippen molar-refractivity contribution in [1.82, 2.24) is 0 Å². The largest absolute Gasteiger partial charge is 0.360 e. The van der Waals surface area contributed by atoms with E-state index < -0.39 is 0 Å². The van der Waals surface area contributed by atoms with Crippen molar-refractivity contribution >= 4 is 21.6 Å². The van der Waals surface area contributed by atoms with Crippen LogP contribution in [0.4, 0.5) is 10.1 Å². The van der Waals surface area contributed by atoms with E-state index >= 15 is 0 Å². The Hall–Kier alpha value is -1.39. The normalized spacial score (nSPS) is 16.2. The minimum atomic E-state index is -0.192. The van der Waals surface area contributed by atoms with Gasteiger partial charge in [-0.1, -0.05) is 24.3 Å². The van der Waals surface area contributed by atoms with E-state index in [9.17, 15) is 4.39 Å². The first kappa shape index (κ1) is 14.5. The maximum absolute atomic E-state index is 13.3. The average molecular weight is 350 g/mol. The van der Waals surface area contributed by atoms with Gasteiger partial charge in [0.2, 0.25) is 0 Å². The van der Waals surface area contributed by atoms with Gasteiger partial charge in [0.05, 0.1) is 30.7 Å². The summed E-state index contributed by atoms with van der Waals surface area (Å²) in [6.45, 7) is 5.33. The number of para-hydroxylation sites is 1. The van der Waals surface area contributed by atoms with Gasteiger partial charge < -0.3 is 9.80 Å². The molecule has 21 heavy (non-hydrogen) atoms. The summed E-state index contributed by atoms with van der Waals surface area (Å²) < 4.78 is 13.8. The standard InChI is InChI=1S/C17H18BrFN2/c18-16-12-14(6-7-17(16)19)13-20-8-10-21(11-9-20)15-4-2-1-3-5-15/h1-7,12H,8-11,13H2/p+1. The molecule has 2 aromatic rings. The molecule has 0 spiro atoms. The number of anilines is 1. The molecule has 1 fully saturated rings. The number of nitrogens with zero attached hydrogens (tertiary/aromatic N) is 1. The molecule has 0 aliphatic carbocycles. The number of hydrogen-bond acceptors (Lipinski definition) is 1. The van der Waals surface area contributed by atoms with E-state index in [2.05, 4.69) is 51.2 Å². The van der Waals surface area contributed by atoms with Crippen LogP contribution in [0.3, 0.4) is 0 Å². The average Bonchev–Trinajstić information content (AvgIpc) is 2.53. The molecule has 0 unspecified atom stereocenters. The maximum atomic E-state index is 13.3. The highest BCUT2D eigenvalue weighted by atomic mass is 79.9. The Morgan fingerprint density at radius 3 is 2.43 bits per heavy atom. The molecule has 4 heteroatoms. The SMILES string of the molecule is Fc1ccc(C[NH+]2CCN(c3ccccc3)CC2)cc1Br. The fourth-order valence-electron chi connectivity index (χ4n) is 2.84. The molecule has 0 bridgehead atoms. The van der Waals surface area contributed by atoms with Crippen LogP contribution < -0.4 is 9.80 Å². The van der Waals surface area contributed by atoms with Crippen LogP contribution >= 0.6 is 15.9 Å². The molecule has 1 N–H and O–H groups in total. The smallest absolute Gasteiger partial charge is 0.137 e. The third-order valence-electron chi connectivity index (χ3n) is 4.03. The van der Waals surface area contributed by atoms with Gasteiger partial charge >= 0.3 is 0 Å². The topological polar surface area (TPSA) is 7.68 Å². The van der Waals surface area contributed by atoms with E-state index in [-0.39, 0.29) is 5.82 Å². The molecule has 1 heterocycles. The van der Waals surface area contributed by atoms with E-state index in [0.717, 1.165) is 32.7 Å². The summed E-state index contributed by atoms with van der Waals surface area (Å²) in [4.78, 5) is 3.99. The third kappa shape index (κ3) is 3.63. The van der Waals surface area contributed by atoms with Gasteiger partial charge in [-0.25, -0.2) is 4.39 Å². The van der Waals surface area contributed by atoms with Gasteiger partial charge in [-0.3, -0.25) is 0 Å². The summed E-state index contributed by atoms with van der Waals surface area (Å²) in [6, 6.07) is 15.9. The molecule has 0 amide bonds. The lowest BCUT2D eigenvalue weighted by atomic mass is 10.2. The second-order valence-corrected chi connectivity index (χ2v) is 6.35. The summed E-state index contributed by atoms with van der Waals surface area (Å²) in [5, 5.41) is 0. The lowest BCUT2D eigenvalue weighted by molar-refractivity contribution is -0.914. The quantitative estimate of drug-likeness (QED) is 0.894. The van der Waals surface area contributed by atoms with Gasteiger partial charge in [0.1, 0.15) is 12.4 Å². The second-order valence-electron chi connectivity index (χ2n) is 5.50. The molecule has 2 nitrogen and oxygen atoms in total. The highest BCUT2D eigenvalue weighted by Gasteiger charge is 2.20. The zero-order valence-corrected chi connectivity index (χ0v) is 13.4. The van der Waals surface area contributed by atoms with Gasteiger partial charge in [-0.2, -0.15) is 0 Å². The zero-order chi connectivity index (χ0) is 14.7. The molecule has 2 aromatic carbocycles. The number of halogens is 2. The molecule has 3 rings (SSSR count). The van der Waals surface area contributed by atoms with Crippen molar-refractivity contribution in [2.75, 3.05) is 31.1 Å². The van der Waals surface area contributed by atoms with Crippen LogP contribution in [-0.2, 0) is 6.54 Å². The van der Waals surface area contributed by atoms with E-state index in [0.29, 0.717) is 4.47 Å². The summed E-state index contributed by atoms with van der Waals surface area (Å²) >= 11 is 3.26. The molecule has 110 valence electrons. The predicted molar refractivity (Wildman–Crippen MR) is 87.2 cm³/mol. The van der Waals surface area contributed by atoms with Crippen LogP contribution in [0.1, 0.15) is 5.56 Å². The van der Waals surface area contributed by atoms with Crippen molar-refractivity contribution in [1.29, 1.82) is 0 Å². The lowest BCUT2D eigenvalue weighted by Crippen LogP contribution is -3.13. The van der Waals surface area contributed by atoms with Gasteiger partial charge in [0.25, 0.3) is 0 Å². The Kier molecular flexibility index (Phi) is 4.56. The molecule has 0 radical (unpaired) electrons. The summed E-state index contributed by atoms with van der Waals surface area (Å²) in [5.41, 5.74) is 2.49. The summed E-state index contributed by atoms with van der Waals surface area (Å²) in [5.74, 6) is -0.192. The van der Waals surface area contributed by atoms with E-state index in [1.807, 2.05) is 12.1 Å². The van der Waals surface area contributed by atoms with E-state index in [1.165, 1.54) is 11.3 Å². The minimum absolute atomic E-state index is 0.192. The Labute approximate surface area is 133 Å². The maximum Gasteiger partial charge on any atom is 0.137 e. The first-order valence-electron chi connectivity index (χ1n) is 7.30. The highest BCUT2D eigenvalue weighted by Crippen LogP contribution is 2.16. The molecular weight excluding hydrogens is 331 g/mol. The Morgan fingerprint density at radius 2 is 1.76 bits per heavy atom. The molecule has 0 aromatic heterocycles. The summed E-state index contributed by atoms with van der Waals surface area (Å²) in [6.07, 6.45) is 0. The van der Waals surface area contributed by atoms with Crippen molar-refractivity contribution < 1.29 is 9.29 Å². The Balaban J connectivity index is 1.57. The van der Waals surface area contributed by atoms with Gasteiger partial charge in [-0.15, -0.1) is 0 Å². The molecule has 0 atom stereocenters. The van der Waals surface area contributed by atoms with Gasteiger partial charge in [-0.05, 0) is 40.2 Å². The van der Waals surface area contributed by atoms with Gasteiger partial charge in [0.15, 0.2) is 0 Å².